The summed E-state index contributed by atoms with van der Waals surface area (Å²) in [4.78, 5) is 12.2. The molecule has 0 aliphatic heterocycles. The van der Waals surface area contributed by atoms with E-state index in [9.17, 15) is 10.1 Å². The molecule has 0 aliphatic rings. The summed E-state index contributed by atoms with van der Waals surface area (Å²) in [6, 6.07) is 22.1. The Balaban J connectivity index is 1.66. The molecule has 0 radical (unpaired) electrons. The highest BCUT2D eigenvalue weighted by atomic mass is 16.5. The van der Waals surface area contributed by atoms with Crippen molar-refractivity contribution < 1.29 is 14.3 Å². The molecule has 0 fully saturated rings. The van der Waals surface area contributed by atoms with Gasteiger partial charge in [0.05, 0.1) is 25.0 Å². The minimum absolute atomic E-state index is 0.250. The van der Waals surface area contributed by atoms with Gasteiger partial charge in [0.25, 0.3) is 5.91 Å². The van der Waals surface area contributed by atoms with Crippen molar-refractivity contribution in [3.8, 4) is 17.6 Å². The van der Waals surface area contributed by atoms with Crippen LogP contribution in [0, 0.1) is 18.3 Å². The summed E-state index contributed by atoms with van der Waals surface area (Å²) in [5.41, 5.74) is 6.10. The molecular formula is C24H21N3O3. The molecule has 0 aromatic heterocycles. The first kappa shape index (κ1) is 20.6. The molecule has 0 unspecified atom stereocenters. The van der Waals surface area contributed by atoms with Gasteiger partial charge in [-0.1, -0.05) is 36.4 Å². The van der Waals surface area contributed by atoms with Gasteiger partial charge in [0, 0.05) is 11.1 Å². The molecule has 150 valence electrons. The average Bonchev–Trinajstić information content (AvgIpc) is 2.78. The van der Waals surface area contributed by atoms with E-state index >= 15 is 0 Å². The number of hydrazone groups is 1. The summed E-state index contributed by atoms with van der Waals surface area (Å²) >= 11 is 0. The number of aryl methyl sites for hydroxylation is 1. The second-order valence-corrected chi connectivity index (χ2v) is 6.48. The average molecular weight is 399 g/mol. The van der Waals surface area contributed by atoms with Crippen LogP contribution in [0.25, 0.3) is 0 Å². The number of nitrogens with zero attached hydrogens (tertiary/aromatic N) is 2. The summed E-state index contributed by atoms with van der Waals surface area (Å²) < 4.78 is 11.2. The SMILES string of the molecule is COc1cc(/C=N\NC(=O)c2ccccc2C)ccc1OCc1ccccc1C#N. The van der Waals surface area contributed by atoms with Crippen LogP contribution in [-0.2, 0) is 6.61 Å². The molecule has 30 heavy (non-hydrogen) atoms. The van der Waals surface area contributed by atoms with Crippen LogP contribution >= 0.6 is 0 Å². The molecular weight excluding hydrogens is 378 g/mol. The Morgan fingerprint density at radius 2 is 1.87 bits per heavy atom. The van der Waals surface area contributed by atoms with Crippen molar-refractivity contribution in [2.75, 3.05) is 7.11 Å². The van der Waals surface area contributed by atoms with Crippen molar-refractivity contribution >= 4 is 12.1 Å². The topological polar surface area (TPSA) is 83.7 Å². The van der Waals surface area contributed by atoms with Crippen LogP contribution in [0.2, 0.25) is 0 Å². The maximum absolute atomic E-state index is 12.2. The molecule has 0 atom stereocenters. The lowest BCUT2D eigenvalue weighted by atomic mass is 10.1. The van der Waals surface area contributed by atoms with Crippen molar-refractivity contribution in [3.63, 3.8) is 0 Å². The lowest BCUT2D eigenvalue weighted by Gasteiger charge is -2.12. The van der Waals surface area contributed by atoms with Crippen LogP contribution in [0.4, 0.5) is 0 Å². The molecule has 0 saturated heterocycles. The highest BCUT2D eigenvalue weighted by Crippen LogP contribution is 2.28. The zero-order valence-corrected chi connectivity index (χ0v) is 16.8. The minimum atomic E-state index is -0.271. The number of rotatable bonds is 7. The number of benzene rings is 3. The van der Waals surface area contributed by atoms with Gasteiger partial charge in [0.15, 0.2) is 11.5 Å². The standard InChI is InChI=1S/C24H21N3O3/c1-17-7-3-6-10-21(17)24(28)27-26-15-18-11-12-22(23(13-18)29-2)30-16-20-9-5-4-8-19(20)14-25/h3-13,15H,16H2,1-2H3,(H,27,28)/b26-15-. The summed E-state index contributed by atoms with van der Waals surface area (Å²) in [6.07, 6.45) is 1.54. The van der Waals surface area contributed by atoms with Crippen LogP contribution < -0.4 is 14.9 Å². The largest absolute Gasteiger partial charge is 0.493 e. The van der Waals surface area contributed by atoms with E-state index in [0.717, 1.165) is 16.7 Å². The fourth-order valence-electron chi connectivity index (χ4n) is 2.85. The number of ether oxygens (including phenoxy) is 2. The highest BCUT2D eigenvalue weighted by Gasteiger charge is 2.09. The van der Waals surface area contributed by atoms with Gasteiger partial charge in [-0.05, 0) is 48.4 Å². The molecule has 3 rings (SSSR count). The van der Waals surface area contributed by atoms with Crippen LogP contribution in [0.5, 0.6) is 11.5 Å². The van der Waals surface area contributed by atoms with E-state index in [-0.39, 0.29) is 12.5 Å². The molecule has 6 heteroatoms. The molecule has 3 aromatic rings. The van der Waals surface area contributed by atoms with Crippen molar-refractivity contribution in [3.05, 3.63) is 94.5 Å². The summed E-state index contributed by atoms with van der Waals surface area (Å²) in [6.45, 7) is 2.12. The lowest BCUT2D eigenvalue weighted by Crippen LogP contribution is -2.18. The summed E-state index contributed by atoms with van der Waals surface area (Å²) in [5, 5.41) is 13.2. The van der Waals surface area contributed by atoms with Gasteiger partial charge < -0.3 is 9.47 Å². The number of carbonyl (C=O) groups is 1. The maximum Gasteiger partial charge on any atom is 0.271 e. The minimum Gasteiger partial charge on any atom is -0.493 e. The Labute approximate surface area is 175 Å². The fourth-order valence-corrected chi connectivity index (χ4v) is 2.85. The van der Waals surface area contributed by atoms with Gasteiger partial charge >= 0.3 is 0 Å². The number of carbonyl (C=O) groups excluding carboxylic acids is 1. The Kier molecular flexibility index (Phi) is 6.80. The second kappa shape index (κ2) is 9.89. The molecule has 0 bridgehead atoms. The van der Waals surface area contributed by atoms with E-state index in [0.29, 0.717) is 22.6 Å². The van der Waals surface area contributed by atoms with Gasteiger partial charge in [-0.25, -0.2) is 5.43 Å². The first-order chi connectivity index (χ1) is 14.6. The van der Waals surface area contributed by atoms with Gasteiger partial charge in [0.2, 0.25) is 0 Å². The Morgan fingerprint density at radius 3 is 2.63 bits per heavy atom. The van der Waals surface area contributed by atoms with E-state index in [1.807, 2.05) is 43.3 Å². The molecule has 6 nitrogen and oxygen atoms in total. The molecule has 0 heterocycles. The fraction of sp³-hybridized carbons (Fsp3) is 0.125. The lowest BCUT2D eigenvalue weighted by molar-refractivity contribution is 0.0954. The van der Waals surface area contributed by atoms with Crippen molar-refractivity contribution in [2.45, 2.75) is 13.5 Å². The Morgan fingerprint density at radius 1 is 1.10 bits per heavy atom. The number of hydrogen-bond acceptors (Lipinski definition) is 5. The molecule has 3 aromatic carbocycles. The van der Waals surface area contributed by atoms with Crippen LogP contribution in [0.3, 0.4) is 0 Å². The van der Waals surface area contributed by atoms with Gasteiger partial charge in [-0.2, -0.15) is 10.4 Å². The Bertz CT molecular complexity index is 1120. The first-order valence-electron chi connectivity index (χ1n) is 9.30. The van der Waals surface area contributed by atoms with Gasteiger partial charge in [-0.3, -0.25) is 4.79 Å². The molecule has 0 aliphatic carbocycles. The predicted molar refractivity (Wildman–Crippen MR) is 115 cm³/mol. The van der Waals surface area contributed by atoms with Crippen molar-refractivity contribution in [1.29, 1.82) is 5.26 Å². The Hall–Kier alpha value is -4.11. The van der Waals surface area contributed by atoms with E-state index in [1.54, 1.807) is 37.4 Å². The van der Waals surface area contributed by atoms with E-state index < -0.39 is 0 Å². The monoisotopic (exact) mass is 399 g/mol. The number of nitrogens with one attached hydrogen (secondary N) is 1. The summed E-state index contributed by atoms with van der Waals surface area (Å²) in [5.74, 6) is 0.803. The van der Waals surface area contributed by atoms with E-state index in [4.69, 9.17) is 9.47 Å². The summed E-state index contributed by atoms with van der Waals surface area (Å²) in [7, 11) is 1.55. The molecule has 1 N–H and O–H groups in total. The molecule has 0 saturated carbocycles. The molecule has 1 amide bonds. The number of amides is 1. The highest BCUT2D eigenvalue weighted by molar-refractivity contribution is 5.96. The van der Waals surface area contributed by atoms with E-state index in [1.165, 1.54) is 6.21 Å². The molecule has 0 spiro atoms. The third kappa shape index (κ3) is 5.03. The second-order valence-electron chi connectivity index (χ2n) is 6.48. The van der Waals surface area contributed by atoms with Crippen molar-refractivity contribution in [1.82, 2.24) is 5.43 Å². The third-order valence-corrected chi connectivity index (χ3v) is 4.48. The van der Waals surface area contributed by atoms with Crippen molar-refractivity contribution in [2.24, 2.45) is 5.10 Å². The maximum atomic E-state index is 12.2. The zero-order valence-electron chi connectivity index (χ0n) is 16.8. The number of methoxy groups -OCH3 is 1. The normalized spacial score (nSPS) is 10.4. The number of hydrogen-bond donors (Lipinski definition) is 1. The predicted octanol–water partition coefficient (Wildman–Crippen LogP) is 4.22. The first-order valence-corrected chi connectivity index (χ1v) is 9.30. The van der Waals surface area contributed by atoms with E-state index in [2.05, 4.69) is 16.6 Å². The van der Waals surface area contributed by atoms with Gasteiger partial charge in [0.1, 0.15) is 6.61 Å². The quantitative estimate of drug-likeness (QED) is 0.476. The smallest absolute Gasteiger partial charge is 0.271 e. The zero-order chi connectivity index (χ0) is 21.3. The number of nitriles is 1. The van der Waals surface area contributed by atoms with Crippen LogP contribution in [-0.4, -0.2) is 19.2 Å². The van der Waals surface area contributed by atoms with Crippen LogP contribution in [0.1, 0.15) is 32.6 Å². The van der Waals surface area contributed by atoms with Crippen LogP contribution in [0.15, 0.2) is 71.8 Å². The van der Waals surface area contributed by atoms with Gasteiger partial charge in [-0.15, -0.1) is 0 Å². The third-order valence-electron chi connectivity index (χ3n) is 4.48.